The molecule has 2 rings (SSSR count). The van der Waals surface area contributed by atoms with Crippen LogP contribution in [0.2, 0.25) is 0 Å². The minimum atomic E-state index is 0. The van der Waals surface area contributed by atoms with Gasteiger partial charge in [-0.05, 0) is 24.1 Å². The zero-order valence-corrected chi connectivity index (χ0v) is 18.1. The molecule has 26 heavy (non-hydrogen) atoms. The van der Waals surface area contributed by atoms with Crippen LogP contribution in [0.3, 0.4) is 0 Å². The van der Waals surface area contributed by atoms with E-state index in [1.54, 1.807) is 13.4 Å². The summed E-state index contributed by atoms with van der Waals surface area (Å²) in [4.78, 5) is 4.66. The van der Waals surface area contributed by atoms with Crippen LogP contribution in [0.25, 0.3) is 0 Å². The maximum absolute atomic E-state index is 5.18. The van der Waals surface area contributed by atoms with E-state index >= 15 is 0 Å². The molecule has 144 valence electrons. The fourth-order valence-electron chi connectivity index (χ4n) is 2.35. The summed E-state index contributed by atoms with van der Waals surface area (Å²) in [5.41, 5.74) is 1.14. The number of aryl methyl sites for hydroxylation is 1. The maximum Gasteiger partial charge on any atom is 0.191 e. The van der Waals surface area contributed by atoms with Gasteiger partial charge in [0.1, 0.15) is 17.9 Å². The molecule has 1 aromatic carbocycles. The van der Waals surface area contributed by atoms with Crippen LogP contribution in [0, 0.1) is 0 Å². The number of ether oxygens (including phenoxy) is 1. The van der Waals surface area contributed by atoms with E-state index in [2.05, 4.69) is 44.2 Å². The van der Waals surface area contributed by atoms with E-state index in [0.29, 0.717) is 6.54 Å². The van der Waals surface area contributed by atoms with Crippen molar-refractivity contribution in [3.05, 3.63) is 42.0 Å². The molecule has 0 saturated heterocycles. The Hall–Kier alpha value is -1.84. The van der Waals surface area contributed by atoms with Gasteiger partial charge in [0.25, 0.3) is 0 Å². The summed E-state index contributed by atoms with van der Waals surface area (Å²) in [7, 11) is 1.67. The van der Waals surface area contributed by atoms with Gasteiger partial charge in [0.05, 0.1) is 13.7 Å². The molecule has 0 unspecified atom stereocenters. The van der Waals surface area contributed by atoms with E-state index < -0.39 is 0 Å². The quantitative estimate of drug-likeness (QED) is 0.334. The van der Waals surface area contributed by atoms with Crippen LogP contribution < -0.4 is 15.4 Å². The van der Waals surface area contributed by atoms with Crippen LogP contribution >= 0.6 is 24.0 Å². The van der Waals surface area contributed by atoms with Gasteiger partial charge in [-0.25, -0.2) is 4.99 Å². The largest absolute Gasteiger partial charge is 0.497 e. The van der Waals surface area contributed by atoms with Gasteiger partial charge in [-0.3, -0.25) is 0 Å². The zero-order chi connectivity index (χ0) is 17.9. The lowest BCUT2D eigenvalue weighted by Crippen LogP contribution is -2.39. The lowest BCUT2D eigenvalue weighted by Gasteiger charge is -2.13. The molecule has 7 nitrogen and oxygen atoms in total. The van der Waals surface area contributed by atoms with Crippen molar-refractivity contribution in [2.45, 2.75) is 39.8 Å². The van der Waals surface area contributed by atoms with E-state index in [-0.39, 0.29) is 24.0 Å². The highest BCUT2D eigenvalue weighted by molar-refractivity contribution is 14.0. The number of guanidine groups is 1. The fraction of sp³-hybridized carbons (Fsp3) is 0.500. The average Bonchev–Trinajstić information content (AvgIpc) is 3.11. The second kappa shape index (κ2) is 12.5. The number of hydrogen-bond donors (Lipinski definition) is 2. The molecule has 1 aromatic heterocycles. The first kappa shape index (κ1) is 22.2. The zero-order valence-electron chi connectivity index (χ0n) is 15.7. The SMILES string of the molecule is CCCNC(=NCc1ccc(OC)cc1)NCCn1cnnc1CC.I. The summed E-state index contributed by atoms with van der Waals surface area (Å²) < 4.78 is 7.25. The fourth-order valence-corrected chi connectivity index (χ4v) is 2.35. The Kier molecular flexibility index (Phi) is 10.7. The highest BCUT2D eigenvalue weighted by atomic mass is 127. The minimum absolute atomic E-state index is 0. The van der Waals surface area contributed by atoms with Gasteiger partial charge in [0.15, 0.2) is 5.96 Å². The molecule has 0 radical (unpaired) electrons. The highest BCUT2D eigenvalue weighted by Crippen LogP contribution is 2.11. The number of nitrogens with zero attached hydrogens (tertiary/aromatic N) is 4. The first-order chi connectivity index (χ1) is 12.3. The average molecular weight is 472 g/mol. The van der Waals surface area contributed by atoms with Gasteiger partial charge in [0, 0.05) is 26.1 Å². The molecule has 0 aliphatic carbocycles. The number of aromatic nitrogens is 3. The molecule has 2 aromatic rings. The smallest absolute Gasteiger partial charge is 0.191 e. The van der Waals surface area contributed by atoms with E-state index in [0.717, 1.165) is 55.6 Å². The molecule has 8 heteroatoms. The first-order valence-electron chi connectivity index (χ1n) is 8.78. The molecule has 0 amide bonds. The Morgan fingerprint density at radius 3 is 2.54 bits per heavy atom. The number of rotatable bonds is 9. The third-order valence-electron chi connectivity index (χ3n) is 3.78. The normalized spacial score (nSPS) is 11.0. The summed E-state index contributed by atoms with van der Waals surface area (Å²) in [5.74, 6) is 2.68. The van der Waals surface area contributed by atoms with Gasteiger partial charge < -0.3 is 19.9 Å². The van der Waals surface area contributed by atoms with Gasteiger partial charge >= 0.3 is 0 Å². The predicted octanol–water partition coefficient (Wildman–Crippen LogP) is 2.61. The van der Waals surface area contributed by atoms with Crippen molar-refractivity contribution >= 4 is 29.9 Å². The van der Waals surface area contributed by atoms with Crippen molar-refractivity contribution in [2.24, 2.45) is 4.99 Å². The first-order valence-corrected chi connectivity index (χ1v) is 8.78. The Morgan fingerprint density at radius 1 is 1.15 bits per heavy atom. The van der Waals surface area contributed by atoms with E-state index in [9.17, 15) is 0 Å². The van der Waals surface area contributed by atoms with Crippen molar-refractivity contribution < 1.29 is 4.74 Å². The third kappa shape index (κ3) is 7.19. The van der Waals surface area contributed by atoms with Crippen molar-refractivity contribution in [1.82, 2.24) is 25.4 Å². The van der Waals surface area contributed by atoms with Crippen molar-refractivity contribution in [1.29, 1.82) is 0 Å². The van der Waals surface area contributed by atoms with Gasteiger partial charge in [-0.2, -0.15) is 0 Å². The predicted molar refractivity (Wildman–Crippen MR) is 115 cm³/mol. The van der Waals surface area contributed by atoms with E-state index in [1.165, 1.54) is 0 Å². The Balaban J connectivity index is 0.00000338. The second-order valence-corrected chi connectivity index (χ2v) is 5.66. The monoisotopic (exact) mass is 472 g/mol. The van der Waals surface area contributed by atoms with Gasteiger partial charge in [-0.1, -0.05) is 26.0 Å². The molecule has 0 spiro atoms. The Bertz CT molecular complexity index is 656. The van der Waals surface area contributed by atoms with Gasteiger partial charge in [0.2, 0.25) is 0 Å². The van der Waals surface area contributed by atoms with Gasteiger partial charge in [-0.15, -0.1) is 34.2 Å². The standard InChI is InChI=1S/C18H28N6O.HI/c1-4-10-19-18(20-11-12-24-14-22-23-17(24)5-2)21-13-15-6-8-16(25-3)9-7-15;/h6-9,14H,4-5,10-13H2,1-3H3,(H2,19,20,21);1H. The molecule has 0 bridgehead atoms. The van der Waals surface area contributed by atoms with Crippen LogP contribution in [0.5, 0.6) is 5.75 Å². The molecule has 0 aliphatic rings. The lowest BCUT2D eigenvalue weighted by atomic mass is 10.2. The Morgan fingerprint density at radius 2 is 1.88 bits per heavy atom. The van der Waals surface area contributed by atoms with Crippen LogP contribution in [0.15, 0.2) is 35.6 Å². The highest BCUT2D eigenvalue weighted by Gasteiger charge is 2.02. The summed E-state index contributed by atoms with van der Waals surface area (Å²) in [5, 5.41) is 14.8. The number of halogens is 1. The second-order valence-electron chi connectivity index (χ2n) is 5.66. The van der Waals surface area contributed by atoms with E-state index in [1.807, 2.05) is 24.3 Å². The van der Waals surface area contributed by atoms with Crippen molar-refractivity contribution in [3.8, 4) is 5.75 Å². The summed E-state index contributed by atoms with van der Waals surface area (Å²) in [6.45, 7) is 7.31. The van der Waals surface area contributed by atoms with Crippen LogP contribution in [0.4, 0.5) is 0 Å². The molecular weight excluding hydrogens is 443 g/mol. The topological polar surface area (TPSA) is 76.4 Å². The van der Waals surface area contributed by atoms with Crippen LogP contribution in [0.1, 0.15) is 31.7 Å². The summed E-state index contributed by atoms with van der Waals surface area (Å²) in [6, 6.07) is 7.97. The molecule has 1 heterocycles. The molecule has 0 atom stereocenters. The summed E-state index contributed by atoms with van der Waals surface area (Å²) in [6.07, 6.45) is 3.70. The maximum atomic E-state index is 5.18. The van der Waals surface area contributed by atoms with Crippen molar-refractivity contribution in [3.63, 3.8) is 0 Å². The number of benzene rings is 1. The number of hydrogen-bond acceptors (Lipinski definition) is 4. The number of methoxy groups -OCH3 is 1. The molecule has 0 saturated carbocycles. The van der Waals surface area contributed by atoms with Crippen LogP contribution in [-0.2, 0) is 19.5 Å². The lowest BCUT2D eigenvalue weighted by molar-refractivity contribution is 0.414. The molecular formula is C18H29IN6O. The molecule has 0 aliphatic heterocycles. The Labute approximate surface area is 172 Å². The molecule has 2 N–H and O–H groups in total. The summed E-state index contributed by atoms with van der Waals surface area (Å²) >= 11 is 0. The van der Waals surface area contributed by atoms with Crippen molar-refractivity contribution in [2.75, 3.05) is 20.2 Å². The molecule has 0 fully saturated rings. The number of nitrogens with one attached hydrogen (secondary N) is 2. The van der Waals surface area contributed by atoms with Crippen LogP contribution in [-0.4, -0.2) is 40.9 Å². The van der Waals surface area contributed by atoms with E-state index in [4.69, 9.17) is 4.74 Å². The minimum Gasteiger partial charge on any atom is -0.497 e. The number of aliphatic imine (C=N–C) groups is 1. The third-order valence-corrected chi connectivity index (χ3v) is 3.78.